The molecular formula is C12H18ClNO3. The van der Waals surface area contributed by atoms with Crippen LogP contribution in [0.2, 0.25) is 0 Å². The van der Waals surface area contributed by atoms with Crippen LogP contribution in [-0.4, -0.2) is 42.4 Å². The third-order valence-corrected chi connectivity index (χ3v) is 3.80. The van der Waals surface area contributed by atoms with Gasteiger partial charge < -0.3 is 4.74 Å². The minimum atomic E-state index is -0.0643. The van der Waals surface area contributed by atoms with Crippen molar-refractivity contribution in [3.63, 3.8) is 0 Å². The Morgan fingerprint density at radius 3 is 2.35 bits per heavy atom. The van der Waals surface area contributed by atoms with Crippen molar-refractivity contribution < 1.29 is 14.3 Å². The number of imide groups is 1. The van der Waals surface area contributed by atoms with Crippen LogP contribution in [-0.2, 0) is 14.3 Å². The first-order chi connectivity index (χ1) is 8.15. The molecular weight excluding hydrogens is 242 g/mol. The van der Waals surface area contributed by atoms with Crippen LogP contribution in [0.4, 0.5) is 0 Å². The molecule has 2 atom stereocenters. The maximum absolute atomic E-state index is 12.0. The van der Waals surface area contributed by atoms with E-state index in [-0.39, 0.29) is 23.7 Å². The topological polar surface area (TPSA) is 46.6 Å². The van der Waals surface area contributed by atoms with E-state index in [1.807, 2.05) is 0 Å². The number of hydrogen-bond donors (Lipinski definition) is 0. The Kier molecular flexibility index (Phi) is 4.05. The van der Waals surface area contributed by atoms with Crippen LogP contribution in [0.25, 0.3) is 0 Å². The molecule has 1 aliphatic heterocycles. The molecule has 1 saturated carbocycles. The first kappa shape index (κ1) is 12.8. The van der Waals surface area contributed by atoms with E-state index in [1.165, 1.54) is 4.90 Å². The van der Waals surface area contributed by atoms with Gasteiger partial charge >= 0.3 is 0 Å². The van der Waals surface area contributed by atoms with Gasteiger partial charge in [0.25, 0.3) is 0 Å². The molecule has 0 bridgehead atoms. The van der Waals surface area contributed by atoms with Crippen molar-refractivity contribution in [2.75, 3.05) is 25.6 Å². The number of ether oxygens (including phenoxy) is 1. The lowest BCUT2D eigenvalue weighted by Crippen LogP contribution is -2.35. The predicted octanol–water partition coefficient (Wildman–Crippen LogP) is 1.27. The highest BCUT2D eigenvalue weighted by atomic mass is 35.5. The number of alkyl halides is 1. The fourth-order valence-corrected chi connectivity index (χ4v) is 2.99. The van der Waals surface area contributed by atoms with Crippen LogP contribution < -0.4 is 0 Å². The minimum absolute atomic E-state index is 0.00109. The molecule has 0 aromatic carbocycles. The Morgan fingerprint density at radius 2 is 1.82 bits per heavy atom. The number of hydrogen-bond acceptors (Lipinski definition) is 3. The van der Waals surface area contributed by atoms with Gasteiger partial charge in [0.05, 0.1) is 31.6 Å². The summed E-state index contributed by atoms with van der Waals surface area (Å²) in [7, 11) is 0. The highest BCUT2D eigenvalue weighted by molar-refractivity contribution is 6.17. The second-order valence-electron chi connectivity index (χ2n) is 4.92. The first-order valence-electron chi connectivity index (χ1n) is 6.14. The molecule has 1 saturated heterocycles. The Labute approximate surface area is 106 Å². The summed E-state index contributed by atoms with van der Waals surface area (Å²) >= 11 is 5.48. The minimum Gasteiger partial charge on any atom is -0.378 e. The van der Waals surface area contributed by atoms with Crippen molar-refractivity contribution >= 4 is 23.4 Å². The molecule has 2 unspecified atom stereocenters. The van der Waals surface area contributed by atoms with Crippen LogP contribution in [0.3, 0.4) is 0 Å². The summed E-state index contributed by atoms with van der Waals surface area (Å²) in [5.41, 5.74) is 0. The average molecular weight is 260 g/mol. The van der Waals surface area contributed by atoms with E-state index in [1.54, 1.807) is 0 Å². The fraction of sp³-hybridized carbons (Fsp3) is 0.833. The fourth-order valence-electron chi connectivity index (χ4n) is 2.88. The van der Waals surface area contributed by atoms with Gasteiger partial charge in [-0.2, -0.15) is 0 Å². The lowest BCUT2D eigenvalue weighted by molar-refractivity contribution is -0.141. The molecule has 0 N–H and O–H groups in total. The number of nitrogens with zero attached hydrogens (tertiary/aromatic N) is 1. The Hall–Kier alpha value is -0.610. The number of fused-ring (bicyclic) bond motifs is 1. The molecule has 2 rings (SSSR count). The van der Waals surface area contributed by atoms with Gasteiger partial charge in [-0.1, -0.05) is 6.92 Å². The molecule has 1 aliphatic carbocycles. The second kappa shape index (κ2) is 5.36. The standard InChI is InChI=1S/C12H18ClNO3/c1-8-6-9-10(7-8)12(16)14(11(9)15)3-5-17-4-2-13/h8-10H,2-7H2,1H3. The van der Waals surface area contributed by atoms with Crippen molar-refractivity contribution in [2.24, 2.45) is 17.8 Å². The third kappa shape index (κ3) is 2.47. The quantitative estimate of drug-likeness (QED) is 0.424. The number of halogens is 1. The zero-order chi connectivity index (χ0) is 12.4. The van der Waals surface area contributed by atoms with Crippen molar-refractivity contribution in [2.45, 2.75) is 19.8 Å². The van der Waals surface area contributed by atoms with Gasteiger partial charge in [-0.25, -0.2) is 0 Å². The molecule has 0 aromatic heterocycles. The number of carbonyl (C=O) groups is 2. The molecule has 17 heavy (non-hydrogen) atoms. The Balaban J connectivity index is 1.88. The maximum Gasteiger partial charge on any atom is 0.233 e. The number of likely N-dealkylation sites (tertiary alicyclic amines) is 1. The highest BCUT2D eigenvalue weighted by Gasteiger charge is 2.51. The zero-order valence-electron chi connectivity index (χ0n) is 10.0. The smallest absolute Gasteiger partial charge is 0.233 e. The Morgan fingerprint density at radius 1 is 1.24 bits per heavy atom. The van der Waals surface area contributed by atoms with E-state index in [0.717, 1.165) is 12.8 Å². The van der Waals surface area contributed by atoms with E-state index >= 15 is 0 Å². The summed E-state index contributed by atoms with van der Waals surface area (Å²) in [6.45, 7) is 3.32. The monoisotopic (exact) mass is 259 g/mol. The van der Waals surface area contributed by atoms with E-state index in [2.05, 4.69) is 6.92 Å². The summed E-state index contributed by atoms with van der Waals surface area (Å²) in [4.78, 5) is 25.4. The van der Waals surface area contributed by atoms with Crippen LogP contribution >= 0.6 is 11.6 Å². The van der Waals surface area contributed by atoms with Crippen LogP contribution in [0.5, 0.6) is 0 Å². The number of rotatable bonds is 5. The zero-order valence-corrected chi connectivity index (χ0v) is 10.8. The molecule has 2 amide bonds. The summed E-state index contributed by atoms with van der Waals surface area (Å²) < 4.78 is 5.21. The van der Waals surface area contributed by atoms with Crippen LogP contribution in [0.15, 0.2) is 0 Å². The normalized spacial score (nSPS) is 32.4. The van der Waals surface area contributed by atoms with Crippen LogP contribution in [0.1, 0.15) is 19.8 Å². The predicted molar refractivity (Wildman–Crippen MR) is 63.6 cm³/mol. The third-order valence-electron chi connectivity index (χ3n) is 3.65. The molecule has 96 valence electrons. The van der Waals surface area contributed by atoms with Gasteiger partial charge in [0.2, 0.25) is 11.8 Å². The van der Waals surface area contributed by atoms with Crippen molar-refractivity contribution in [1.82, 2.24) is 4.90 Å². The van der Waals surface area contributed by atoms with Crippen LogP contribution in [0, 0.1) is 17.8 Å². The highest BCUT2D eigenvalue weighted by Crippen LogP contribution is 2.42. The van der Waals surface area contributed by atoms with Gasteiger partial charge in [-0.05, 0) is 18.8 Å². The maximum atomic E-state index is 12.0. The molecule has 0 radical (unpaired) electrons. The van der Waals surface area contributed by atoms with Crippen molar-refractivity contribution in [3.05, 3.63) is 0 Å². The van der Waals surface area contributed by atoms with E-state index < -0.39 is 0 Å². The van der Waals surface area contributed by atoms with E-state index in [4.69, 9.17) is 16.3 Å². The SMILES string of the molecule is CC1CC2C(=O)N(CCOCCCl)C(=O)C2C1. The molecule has 2 aliphatic rings. The first-order valence-corrected chi connectivity index (χ1v) is 6.67. The van der Waals surface area contributed by atoms with Gasteiger partial charge in [0.15, 0.2) is 0 Å². The molecule has 0 spiro atoms. The molecule has 0 aromatic rings. The van der Waals surface area contributed by atoms with Gasteiger partial charge in [-0.3, -0.25) is 14.5 Å². The number of carbonyl (C=O) groups excluding carboxylic acids is 2. The molecule has 1 heterocycles. The average Bonchev–Trinajstić information content (AvgIpc) is 2.77. The largest absolute Gasteiger partial charge is 0.378 e. The summed E-state index contributed by atoms with van der Waals surface area (Å²) in [6.07, 6.45) is 1.71. The molecule has 5 heteroatoms. The van der Waals surface area contributed by atoms with Gasteiger partial charge in [0.1, 0.15) is 0 Å². The number of amides is 2. The van der Waals surface area contributed by atoms with E-state index in [0.29, 0.717) is 31.6 Å². The molecule has 4 nitrogen and oxygen atoms in total. The van der Waals surface area contributed by atoms with E-state index in [9.17, 15) is 9.59 Å². The lowest BCUT2D eigenvalue weighted by atomic mass is 10.00. The lowest BCUT2D eigenvalue weighted by Gasteiger charge is -2.16. The summed E-state index contributed by atoms with van der Waals surface area (Å²) in [5, 5.41) is 0. The van der Waals surface area contributed by atoms with Crippen molar-refractivity contribution in [1.29, 1.82) is 0 Å². The van der Waals surface area contributed by atoms with Gasteiger partial charge in [0, 0.05) is 5.88 Å². The summed E-state index contributed by atoms with van der Waals surface area (Å²) in [5.74, 6) is 0.797. The Bertz CT molecular complexity index is 297. The molecule has 2 fully saturated rings. The second-order valence-corrected chi connectivity index (χ2v) is 5.30. The summed E-state index contributed by atoms with van der Waals surface area (Å²) in [6, 6.07) is 0. The van der Waals surface area contributed by atoms with Crippen molar-refractivity contribution in [3.8, 4) is 0 Å². The van der Waals surface area contributed by atoms with Gasteiger partial charge in [-0.15, -0.1) is 11.6 Å².